The summed E-state index contributed by atoms with van der Waals surface area (Å²) in [5, 5.41) is 2.99. The second kappa shape index (κ2) is 6.92. The van der Waals surface area contributed by atoms with Gasteiger partial charge in [0, 0.05) is 19.1 Å². The summed E-state index contributed by atoms with van der Waals surface area (Å²) < 4.78 is 13.6. The van der Waals surface area contributed by atoms with Crippen LogP contribution in [0.2, 0.25) is 0 Å². The molecule has 1 aromatic rings. The van der Waals surface area contributed by atoms with Crippen LogP contribution in [0, 0.1) is 17.7 Å². The number of nitrogens with one attached hydrogen (secondary N) is 1. The number of nitrogens with zero attached hydrogens (tertiary/aromatic N) is 1. The summed E-state index contributed by atoms with van der Waals surface area (Å²) in [5.41, 5.74) is 0.644. The van der Waals surface area contributed by atoms with Crippen LogP contribution in [0.5, 0.6) is 0 Å². The van der Waals surface area contributed by atoms with Gasteiger partial charge >= 0.3 is 6.03 Å². The van der Waals surface area contributed by atoms with Crippen molar-refractivity contribution in [1.29, 1.82) is 0 Å². The van der Waals surface area contributed by atoms with Crippen molar-refractivity contribution in [3.63, 3.8) is 0 Å². The molecule has 2 amide bonds. The molecular formula is C17H25FN2O. The zero-order chi connectivity index (χ0) is 15.4. The molecule has 1 heterocycles. The van der Waals surface area contributed by atoms with Crippen LogP contribution >= 0.6 is 0 Å². The van der Waals surface area contributed by atoms with Gasteiger partial charge in [0.25, 0.3) is 0 Å². The monoisotopic (exact) mass is 292 g/mol. The zero-order valence-electron chi connectivity index (χ0n) is 13.1. The normalized spacial score (nSPS) is 23.7. The van der Waals surface area contributed by atoms with E-state index < -0.39 is 0 Å². The highest BCUT2D eigenvalue weighted by Gasteiger charge is 2.26. The minimum absolute atomic E-state index is 0.0303. The molecule has 0 bridgehead atoms. The number of carbonyl (C=O) groups excluding carboxylic acids is 1. The highest BCUT2D eigenvalue weighted by atomic mass is 19.1. The van der Waals surface area contributed by atoms with E-state index >= 15 is 0 Å². The van der Waals surface area contributed by atoms with Crippen LogP contribution in [0.25, 0.3) is 0 Å². The van der Waals surface area contributed by atoms with Crippen molar-refractivity contribution in [2.24, 2.45) is 11.8 Å². The van der Waals surface area contributed by atoms with Crippen LogP contribution in [-0.4, -0.2) is 30.1 Å². The van der Waals surface area contributed by atoms with Gasteiger partial charge in [-0.15, -0.1) is 0 Å². The Labute approximate surface area is 126 Å². The first-order valence-electron chi connectivity index (χ1n) is 7.74. The zero-order valence-corrected chi connectivity index (χ0v) is 13.1. The summed E-state index contributed by atoms with van der Waals surface area (Å²) >= 11 is 0. The Morgan fingerprint density at radius 2 is 1.95 bits per heavy atom. The maximum Gasteiger partial charge on any atom is 0.317 e. The fourth-order valence-electron chi connectivity index (χ4n) is 3.18. The molecule has 2 rings (SSSR count). The Bertz CT molecular complexity index is 481. The van der Waals surface area contributed by atoms with Gasteiger partial charge in [-0.2, -0.15) is 0 Å². The highest BCUT2D eigenvalue weighted by molar-refractivity contribution is 5.74. The molecule has 1 fully saturated rings. The van der Waals surface area contributed by atoms with Crippen molar-refractivity contribution in [3.8, 4) is 0 Å². The molecule has 116 valence electrons. The van der Waals surface area contributed by atoms with Gasteiger partial charge < -0.3 is 10.2 Å². The highest BCUT2D eigenvalue weighted by Crippen LogP contribution is 2.21. The van der Waals surface area contributed by atoms with Crippen molar-refractivity contribution >= 4 is 6.03 Å². The summed E-state index contributed by atoms with van der Waals surface area (Å²) in [7, 11) is 0. The molecule has 0 aliphatic carbocycles. The molecule has 21 heavy (non-hydrogen) atoms. The van der Waals surface area contributed by atoms with E-state index in [2.05, 4.69) is 19.2 Å². The first-order chi connectivity index (χ1) is 9.95. The Hall–Kier alpha value is -1.58. The first kappa shape index (κ1) is 15.8. The van der Waals surface area contributed by atoms with Crippen molar-refractivity contribution in [1.82, 2.24) is 10.2 Å². The van der Waals surface area contributed by atoms with Crippen LogP contribution in [0.4, 0.5) is 9.18 Å². The molecule has 3 nitrogen and oxygen atoms in total. The number of urea groups is 1. The smallest absolute Gasteiger partial charge is 0.317 e. The van der Waals surface area contributed by atoms with E-state index in [-0.39, 0.29) is 17.9 Å². The maximum atomic E-state index is 13.6. The third-order valence-electron chi connectivity index (χ3n) is 4.01. The Morgan fingerprint density at radius 1 is 1.33 bits per heavy atom. The van der Waals surface area contributed by atoms with Crippen molar-refractivity contribution in [2.75, 3.05) is 13.1 Å². The van der Waals surface area contributed by atoms with E-state index in [1.807, 2.05) is 17.9 Å². The summed E-state index contributed by atoms with van der Waals surface area (Å²) in [6.45, 7) is 7.89. The van der Waals surface area contributed by atoms with E-state index in [1.54, 1.807) is 12.1 Å². The Morgan fingerprint density at radius 3 is 2.57 bits per heavy atom. The molecule has 1 saturated heterocycles. The molecule has 1 aliphatic heterocycles. The maximum absolute atomic E-state index is 13.6. The molecule has 1 aromatic carbocycles. The molecule has 3 unspecified atom stereocenters. The SMILES string of the molecule is CC1CC(C)CN(C(=O)NC(C)Cc2ccccc2F)C1. The summed E-state index contributed by atoms with van der Waals surface area (Å²) in [4.78, 5) is 14.2. The molecular weight excluding hydrogens is 267 g/mol. The van der Waals surface area contributed by atoms with Gasteiger partial charge in [-0.05, 0) is 43.2 Å². The number of carbonyl (C=O) groups is 1. The standard InChI is InChI=1S/C17H25FN2O/c1-12-8-13(2)11-20(10-12)17(21)19-14(3)9-15-6-4-5-7-16(15)18/h4-7,12-14H,8-11H2,1-3H3,(H,19,21). The number of likely N-dealkylation sites (tertiary alicyclic amines) is 1. The lowest BCUT2D eigenvalue weighted by molar-refractivity contribution is 0.144. The van der Waals surface area contributed by atoms with Gasteiger partial charge in [0.15, 0.2) is 0 Å². The summed E-state index contributed by atoms with van der Waals surface area (Å²) in [6.07, 6.45) is 1.69. The number of halogens is 1. The van der Waals surface area contributed by atoms with Gasteiger partial charge in [0.1, 0.15) is 5.82 Å². The number of amides is 2. The lowest BCUT2D eigenvalue weighted by Crippen LogP contribution is -2.50. The van der Waals surface area contributed by atoms with E-state index in [1.165, 1.54) is 12.5 Å². The molecule has 3 atom stereocenters. The van der Waals surface area contributed by atoms with Crippen molar-refractivity contribution < 1.29 is 9.18 Å². The third kappa shape index (κ3) is 4.45. The number of hydrogen-bond acceptors (Lipinski definition) is 1. The molecule has 1 N–H and O–H groups in total. The average Bonchev–Trinajstić information content (AvgIpc) is 2.40. The van der Waals surface area contributed by atoms with Gasteiger partial charge in [0.2, 0.25) is 0 Å². The first-order valence-corrected chi connectivity index (χ1v) is 7.74. The van der Waals surface area contributed by atoms with Gasteiger partial charge in [-0.25, -0.2) is 9.18 Å². The van der Waals surface area contributed by atoms with Crippen LogP contribution in [0.15, 0.2) is 24.3 Å². The number of hydrogen-bond donors (Lipinski definition) is 1. The largest absolute Gasteiger partial charge is 0.335 e. The van der Waals surface area contributed by atoms with Crippen LogP contribution < -0.4 is 5.32 Å². The molecule has 4 heteroatoms. The quantitative estimate of drug-likeness (QED) is 0.909. The molecule has 0 spiro atoms. The molecule has 0 aromatic heterocycles. The van der Waals surface area contributed by atoms with Crippen LogP contribution in [0.3, 0.4) is 0 Å². The second-order valence-corrected chi connectivity index (χ2v) is 6.50. The Kier molecular flexibility index (Phi) is 5.21. The fourth-order valence-corrected chi connectivity index (χ4v) is 3.18. The molecule has 1 aliphatic rings. The number of benzene rings is 1. The Balaban J connectivity index is 1.89. The number of rotatable bonds is 3. The van der Waals surface area contributed by atoms with Crippen LogP contribution in [0.1, 0.15) is 32.8 Å². The average molecular weight is 292 g/mol. The molecule has 0 radical (unpaired) electrons. The van der Waals surface area contributed by atoms with Gasteiger partial charge in [0.05, 0.1) is 0 Å². The molecule has 0 saturated carbocycles. The summed E-state index contributed by atoms with van der Waals surface area (Å²) in [5.74, 6) is 0.876. The van der Waals surface area contributed by atoms with Crippen molar-refractivity contribution in [3.05, 3.63) is 35.6 Å². The van der Waals surface area contributed by atoms with Crippen LogP contribution in [-0.2, 0) is 6.42 Å². The lowest BCUT2D eigenvalue weighted by atomic mass is 9.92. The summed E-state index contributed by atoms with van der Waals surface area (Å²) in [6, 6.07) is 6.61. The van der Waals surface area contributed by atoms with E-state index in [0.29, 0.717) is 23.8 Å². The van der Waals surface area contributed by atoms with E-state index in [9.17, 15) is 9.18 Å². The lowest BCUT2D eigenvalue weighted by Gasteiger charge is -2.35. The van der Waals surface area contributed by atoms with Gasteiger partial charge in [-0.3, -0.25) is 0 Å². The number of piperidine rings is 1. The fraction of sp³-hybridized carbons (Fsp3) is 0.588. The minimum atomic E-state index is -0.209. The minimum Gasteiger partial charge on any atom is -0.335 e. The predicted octanol–water partition coefficient (Wildman–Crippen LogP) is 3.44. The third-order valence-corrected chi connectivity index (χ3v) is 4.01. The topological polar surface area (TPSA) is 32.3 Å². The van der Waals surface area contributed by atoms with Crippen molar-refractivity contribution in [2.45, 2.75) is 39.7 Å². The second-order valence-electron chi connectivity index (χ2n) is 6.50. The van der Waals surface area contributed by atoms with Gasteiger partial charge in [-0.1, -0.05) is 32.0 Å². The van der Waals surface area contributed by atoms with E-state index in [4.69, 9.17) is 0 Å². The predicted molar refractivity (Wildman–Crippen MR) is 82.6 cm³/mol. The van der Waals surface area contributed by atoms with E-state index in [0.717, 1.165) is 13.1 Å².